The molecule has 0 aliphatic rings. The molecule has 262 valence electrons. The Kier molecular flexibility index (Phi) is 9.18. The molecule has 0 saturated heterocycles. The predicted molar refractivity (Wildman–Crippen MR) is 221 cm³/mol. The first kappa shape index (κ1) is 33.9. The fraction of sp³-hybridized carbons (Fsp3) is 0. The van der Waals surface area contributed by atoms with Crippen LogP contribution in [0.3, 0.4) is 0 Å². The number of aromatic nitrogens is 6. The summed E-state index contributed by atoms with van der Waals surface area (Å²) in [4.78, 5) is 29.3. The molecule has 56 heavy (non-hydrogen) atoms. The molecule has 7 aromatic carbocycles. The second-order valence-electron chi connectivity index (χ2n) is 13.1. The third kappa shape index (κ3) is 7.19. The second kappa shape index (κ2) is 15.2. The topological polar surface area (TPSA) is 101 Å². The Morgan fingerprint density at radius 3 is 0.696 bits per heavy atom. The highest BCUT2D eigenvalue weighted by Gasteiger charge is 2.15. The number of nitrogens with zero attached hydrogens (tertiary/aromatic N) is 7. The highest BCUT2D eigenvalue weighted by Crippen LogP contribution is 2.31. The second-order valence-corrected chi connectivity index (χ2v) is 13.1. The third-order valence-corrected chi connectivity index (χ3v) is 9.48. The van der Waals surface area contributed by atoms with Gasteiger partial charge in [0.25, 0.3) is 0 Å². The lowest BCUT2D eigenvalue weighted by Gasteiger charge is -2.10. The Hall–Kier alpha value is -7.95. The normalized spacial score (nSPS) is 10.8. The molecule has 0 aliphatic heterocycles. The van der Waals surface area contributed by atoms with E-state index >= 15 is 0 Å². The summed E-state index contributed by atoms with van der Waals surface area (Å²) < 4.78 is 0. The van der Waals surface area contributed by atoms with Crippen molar-refractivity contribution in [3.63, 3.8) is 0 Å². The van der Waals surface area contributed by atoms with E-state index in [1.54, 1.807) is 12.1 Å². The van der Waals surface area contributed by atoms with E-state index in [-0.39, 0.29) is 0 Å². The van der Waals surface area contributed by atoms with Crippen LogP contribution >= 0.6 is 0 Å². The maximum Gasteiger partial charge on any atom is 0.164 e. The van der Waals surface area contributed by atoms with Crippen molar-refractivity contribution in [3.8, 4) is 96.7 Å². The molecule has 0 fully saturated rings. The molecule has 0 radical (unpaired) electrons. The molecule has 0 amide bonds. The Balaban J connectivity index is 1.02. The fourth-order valence-electron chi connectivity index (χ4n) is 6.46. The number of nitriles is 1. The first-order valence-corrected chi connectivity index (χ1v) is 18.2. The Labute approximate surface area is 324 Å². The quantitative estimate of drug-likeness (QED) is 0.154. The van der Waals surface area contributed by atoms with Crippen LogP contribution in [0.25, 0.3) is 90.6 Å². The first-order valence-electron chi connectivity index (χ1n) is 18.2. The first-order chi connectivity index (χ1) is 27.7. The summed E-state index contributed by atoms with van der Waals surface area (Å²) >= 11 is 0. The zero-order valence-corrected chi connectivity index (χ0v) is 30.0. The molecule has 2 heterocycles. The molecule has 2 aromatic heterocycles. The van der Waals surface area contributed by atoms with Crippen LogP contribution in [0.4, 0.5) is 0 Å². The molecule has 9 rings (SSSR count). The molecule has 0 bridgehead atoms. The van der Waals surface area contributed by atoms with E-state index in [9.17, 15) is 5.26 Å². The van der Waals surface area contributed by atoms with E-state index in [1.807, 2.05) is 103 Å². The van der Waals surface area contributed by atoms with Gasteiger partial charge in [-0.2, -0.15) is 5.26 Å². The van der Waals surface area contributed by atoms with Crippen molar-refractivity contribution in [1.82, 2.24) is 29.9 Å². The van der Waals surface area contributed by atoms with Crippen LogP contribution < -0.4 is 0 Å². The van der Waals surface area contributed by atoms with Gasteiger partial charge in [-0.3, -0.25) is 0 Å². The lowest BCUT2D eigenvalue weighted by molar-refractivity contribution is 1.07. The van der Waals surface area contributed by atoms with Crippen LogP contribution in [0.2, 0.25) is 0 Å². The summed E-state index contributed by atoms with van der Waals surface area (Å²) in [6.45, 7) is 0. The SMILES string of the molecule is N#Cc1ccc(-c2nc(-c3ccccc3)nc(-c3ccc(-c4ccc(-c5nc(-c6ccccc6)nc(-c6ccc(-c7ccccc7)cc6)n5)cc4)cc3)n2)cc1. The molecule has 0 atom stereocenters. The minimum atomic E-state index is 0.541. The van der Waals surface area contributed by atoms with E-state index in [2.05, 4.69) is 78.9 Å². The van der Waals surface area contributed by atoms with Gasteiger partial charge in [-0.1, -0.05) is 164 Å². The summed E-state index contributed by atoms with van der Waals surface area (Å²) in [6, 6.07) is 64.5. The van der Waals surface area contributed by atoms with Crippen molar-refractivity contribution < 1.29 is 0 Å². The number of hydrogen-bond donors (Lipinski definition) is 0. The summed E-state index contributed by atoms with van der Waals surface area (Å²) in [5, 5.41) is 9.29. The number of rotatable bonds is 8. The van der Waals surface area contributed by atoms with Crippen molar-refractivity contribution >= 4 is 0 Å². The predicted octanol–water partition coefficient (Wildman–Crippen LogP) is 11.3. The van der Waals surface area contributed by atoms with Gasteiger partial charge in [0.05, 0.1) is 11.6 Å². The minimum Gasteiger partial charge on any atom is -0.208 e. The Bertz CT molecular complexity index is 2800. The van der Waals surface area contributed by atoms with Crippen molar-refractivity contribution in [2.75, 3.05) is 0 Å². The summed E-state index contributed by atoms with van der Waals surface area (Å²) in [5.74, 6) is 3.52. The molecule has 0 aliphatic carbocycles. The van der Waals surface area contributed by atoms with Crippen molar-refractivity contribution in [2.45, 2.75) is 0 Å². The van der Waals surface area contributed by atoms with Crippen molar-refractivity contribution in [3.05, 3.63) is 194 Å². The van der Waals surface area contributed by atoms with Crippen LogP contribution in [0.15, 0.2) is 188 Å². The maximum absolute atomic E-state index is 9.29. The molecule has 0 N–H and O–H groups in total. The molecule has 9 aromatic rings. The smallest absolute Gasteiger partial charge is 0.164 e. The molecule has 0 saturated carbocycles. The zero-order valence-electron chi connectivity index (χ0n) is 30.0. The van der Waals surface area contributed by atoms with E-state index < -0.39 is 0 Å². The van der Waals surface area contributed by atoms with E-state index in [0.717, 1.165) is 55.6 Å². The molecule has 7 nitrogen and oxygen atoms in total. The van der Waals surface area contributed by atoms with Gasteiger partial charge in [0, 0.05) is 33.4 Å². The molecule has 0 spiro atoms. The summed E-state index contributed by atoms with van der Waals surface area (Å²) in [5.41, 5.74) is 10.3. The maximum atomic E-state index is 9.29. The van der Waals surface area contributed by atoms with E-state index in [1.165, 1.54) is 0 Å². The van der Waals surface area contributed by atoms with E-state index in [4.69, 9.17) is 29.9 Å². The van der Waals surface area contributed by atoms with Crippen LogP contribution in [0.5, 0.6) is 0 Å². The molecular weight excluding hydrogens is 687 g/mol. The Morgan fingerprint density at radius 1 is 0.232 bits per heavy atom. The van der Waals surface area contributed by atoms with Crippen LogP contribution in [-0.2, 0) is 0 Å². The highest BCUT2D eigenvalue weighted by atomic mass is 15.0. The zero-order chi connectivity index (χ0) is 37.7. The summed E-state index contributed by atoms with van der Waals surface area (Å²) in [7, 11) is 0. The molecular formula is C49H31N7. The van der Waals surface area contributed by atoms with E-state index in [0.29, 0.717) is 40.5 Å². The van der Waals surface area contributed by atoms with Crippen molar-refractivity contribution in [2.24, 2.45) is 0 Å². The average Bonchev–Trinajstić information content (AvgIpc) is 3.30. The van der Waals surface area contributed by atoms with Crippen molar-refractivity contribution in [1.29, 1.82) is 5.26 Å². The standard InChI is InChI=1S/C49H31N7/c50-32-33-16-18-40(19-17-33)46-51-44(38-12-6-2-7-13-38)52-47(55-46)42-28-22-36(23-29-42)37-24-30-43(31-25-37)49-54-45(39-14-8-3-9-15-39)53-48(56-49)41-26-20-35(21-27-41)34-10-4-1-5-11-34/h1-31H. The Morgan fingerprint density at radius 2 is 0.429 bits per heavy atom. The van der Waals surface area contributed by atoms with Gasteiger partial charge < -0.3 is 0 Å². The lowest BCUT2D eigenvalue weighted by atomic mass is 10.0. The van der Waals surface area contributed by atoms with Crippen LogP contribution in [-0.4, -0.2) is 29.9 Å². The van der Waals surface area contributed by atoms with Gasteiger partial charge in [-0.25, -0.2) is 29.9 Å². The number of benzene rings is 7. The van der Waals surface area contributed by atoms with Gasteiger partial charge in [0.2, 0.25) is 0 Å². The van der Waals surface area contributed by atoms with Gasteiger partial charge in [0.1, 0.15) is 0 Å². The minimum absolute atomic E-state index is 0.541. The fourth-order valence-corrected chi connectivity index (χ4v) is 6.46. The van der Waals surface area contributed by atoms with Crippen LogP contribution in [0.1, 0.15) is 5.56 Å². The third-order valence-electron chi connectivity index (χ3n) is 9.48. The van der Waals surface area contributed by atoms with Crippen LogP contribution in [0, 0.1) is 11.3 Å². The molecule has 7 heteroatoms. The van der Waals surface area contributed by atoms with Gasteiger partial charge in [-0.15, -0.1) is 0 Å². The largest absolute Gasteiger partial charge is 0.208 e. The lowest BCUT2D eigenvalue weighted by Crippen LogP contribution is -2.00. The highest BCUT2D eigenvalue weighted by molar-refractivity contribution is 5.74. The molecule has 0 unspecified atom stereocenters. The summed E-state index contributed by atoms with van der Waals surface area (Å²) in [6.07, 6.45) is 0. The number of hydrogen-bond acceptors (Lipinski definition) is 7. The van der Waals surface area contributed by atoms with Gasteiger partial charge in [-0.05, 0) is 46.5 Å². The monoisotopic (exact) mass is 717 g/mol. The average molecular weight is 718 g/mol. The van der Waals surface area contributed by atoms with Gasteiger partial charge in [0.15, 0.2) is 34.9 Å². The van der Waals surface area contributed by atoms with Gasteiger partial charge >= 0.3 is 0 Å².